The fraction of sp³-hybridized carbons (Fsp3) is 0.192. The molecule has 1 fully saturated rings. The van der Waals surface area contributed by atoms with E-state index in [0.29, 0.717) is 22.9 Å². The van der Waals surface area contributed by atoms with Gasteiger partial charge in [-0.15, -0.1) is 0 Å². The molecule has 0 saturated carbocycles. The van der Waals surface area contributed by atoms with Crippen molar-refractivity contribution in [1.29, 1.82) is 0 Å². The van der Waals surface area contributed by atoms with Gasteiger partial charge in [-0.05, 0) is 61.7 Å². The Labute approximate surface area is 202 Å². The maximum absolute atomic E-state index is 14.7. The first-order chi connectivity index (χ1) is 17.0. The number of nitrogens with one attached hydrogen (secondary N) is 3. The number of pyridine rings is 1. The number of hydrogen-bond donors (Lipinski definition) is 3. The highest BCUT2D eigenvalue weighted by Crippen LogP contribution is 2.29. The van der Waals surface area contributed by atoms with Crippen molar-refractivity contribution in [3.8, 4) is 22.8 Å². The zero-order chi connectivity index (χ0) is 24.2. The lowest BCUT2D eigenvalue weighted by Gasteiger charge is -2.19. The Morgan fingerprint density at radius 1 is 1.06 bits per heavy atom. The van der Waals surface area contributed by atoms with Gasteiger partial charge >= 0.3 is 6.03 Å². The lowest BCUT2D eigenvalue weighted by Crippen LogP contribution is -2.21. The van der Waals surface area contributed by atoms with Gasteiger partial charge in [-0.25, -0.2) is 9.18 Å². The predicted octanol–water partition coefficient (Wildman–Crippen LogP) is 5.96. The van der Waals surface area contributed by atoms with Crippen molar-refractivity contribution in [2.24, 2.45) is 0 Å². The lowest BCUT2D eigenvalue weighted by atomic mass is 10.2. The number of rotatable bonds is 6. The summed E-state index contributed by atoms with van der Waals surface area (Å²) in [7, 11) is 0. The molecule has 2 aromatic carbocycles. The number of aryl methyl sites for hydroxylation is 1. The first kappa shape index (κ1) is 22.4. The van der Waals surface area contributed by atoms with Crippen molar-refractivity contribution >= 4 is 23.1 Å². The van der Waals surface area contributed by atoms with Crippen molar-refractivity contribution in [2.45, 2.75) is 19.8 Å². The second-order valence-electron chi connectivity index (χ2n) is 8.44. The maximum Gasteiger partial charge on any atom is 0.323 e. The SMILES string of the molecule is Cc1cc(NC(=O)Nc2ccc(Oc3ccnc(-c4cn[nH]c4)c3)cc2F)cc(N2CCCC2)c1. The Bertz CT molecular complexity index is 1340. The van der Waals surface area contributed by atoms with Crippen LogP contribution in [0.25, 0.3) is 11.3 Å². The molecule has 0 aliphatic carbocycles. The number of halogens is 1. The van der Waals surface area contributed by atoms with Crippen molar-refractivity contribution < 1.29 is 13.9 Å². The molecule has 1 aliphatic rings. The van der Waals surface area contributed by atoms with Gasteiger partial charge < -0.3 is 20.3 Å². The van der Waals surface area contributed by atoms with E-state index in [4.69, 9.17) is 4.74 Å². The number of H-pyrrole nitrogens is 1. The minimum atomic E-state index is -0.608. The van der Waals surface area contributed by atoms with Crippen LogP contribution in [0.15, 0.2) is 67.1 Å². The van der Waals surface area contributed by atoms with E-state index in [1.165, 1.54) is 25.0 Å². The van der Waals surface area contributed by atoms with Crippen LogP contribution in [0.1, 0.15) is 18.4 Å². The number of carbonyl (C=O) groups excluding carboxylic acids is 1. The second kappa shape index (κ2) is 9.84. The summed E-state index contributed by atoms with van der Waals surface area (Å²) in [4.78, 5) is 19.1. The molecule has 3 heterocycles. The second-order valence-corrected chi connectivity index (χ2v) is 8.44. The largest absolute Gasteiger partial charge is 0.457 e. The summed E-state index contributed by atoms with van der Waals surface area (Å²) in [6.07, 6.45) is 7.32. The van der Waals surface area contributed by atoms with Crippen molar-refractivity contribution in [2.75, 3.05) is 28.6 Å². The standard InChI is InChI=1S/C26H25FN6O2/c1-17-10-19(12-20(11-17)33-8-2-3-9-33)31-26(34)32-24-5-4-21(13-23(24)27)35-22-6-7-28-25(14-22)18-15-29-30-16-18/h4-7,10-16H,2-3,8-9H2,1H3,(H,29,30)(H2,31,32,34). The van der Waals surface area contributed by atoms with Gasteiger partial charge in [-0.2, -0.15) is 5.10 Å². The van der Waals surface area contributed by atoms with Crippen LogP contribution >= 0.6 is 0 Å². The topological polar surface area (TPSA) is 95.2 Å². The molecule has 0 unspecified atom stereocenters. The molecule has 8 nitrogen and oxygen atoms in total. The average molecular weight is 473 g/mol. The van der Waals surface area contributed by atoms with Gasteiger partial charge in [-0.3, -0.25) is 10.1 Å². The highest BCUT2D eigenvalue weighted by atomic mass is 19.1. The normalized spacial score (nSPS) is 13.0. The van der Waals surface area contributed by atoms with Crippen molar-refractivity contribution in [3.63, 3.8) is 0 Å². The van der Waals surface area contributed by atoms with E-state index in [2.05, 4.69) is 36.8 Å². The summed E-state index contributed by atoms with van der Waals surface area (Å²) in [5.41, 5.74) is 4.33. The number of urea groups is 1. The molecule has 0 atom stereocenters. The lowest BCUT2D eigenvalue weighted by molar-refractivity contribution is 0.262. The van der Waals surface area contributed by atoms with Gasteiger partial charge in [0.2, 0.25) is 0 Å². The highest BCUT2D eigenvalue weighted by molar-refractivity contribution is 6.00. The van der Waals surface area contributed by atoms with Gasteiger partial charge in [0.15, 0.2) is 0 Å². The van der Waals surface area contributed by atoms with Gasteiger partial charge in [0, 0.05) is 54.6 Å². The average Bonchev–Trinajstić information content (AvgIpc) is 3.56. The van der Waals surface area contributed by atoms with Crippen LogP contribution in [0.2, 0.25) is 0 Å². The number of carbonyl (C=O) groups is 1. The number of anilines is 3. The molecule has 4 aromatic rings. The molecule has 0 bridgehead atoms. The quantitative estimate of drug-likeness (QED) is 0.322. The number of aromatic nitrogens is 3. The van der Waals surface area contributed by atoms with E-state index in [-0.39, 0.29) is 5.69 Å². The van der Waals surface area contributed by atoms with Crippen molar-refractivity contribution in [3.05, 3.63) is 78.5 Å². The van der Waals surface area contributed by atoms with Gasteiger partial charge in [0.25, 0.3) is 0 Å². The summed E-state index contributed by atoms with van der Waals surface area (Å²) >= 11 is 0. The third kappa shape index (κ3) is 5.40. The van der Waals surface area contributed by atoms with E-state index >= 15 is 0 Å². The Balaban J connectivity index is 1.24. The Hall–Kier alpha value is -4.40. The van der Waals surface area contributed by atoms with E-state index < -0.39 is 11.8 Å². The zero-order valence-electron chi connectivity index (χ0n) is 19.2. The molecule has 5 rings (SSSR count). The number of benzene rings is 2. The number of ether oxygens (including phenoxy) is 1. The van der Waals surface area contributed by atoms with Crippen LogP contribution in [0, 0.1) is 12.7 Å². The van der Waals surface area contributed by atoms with Gasteiger partial charge in [-0.1, -0.05) is 0 Å². The fourth-order valence-corrected chi connectivity index (χ4v) is 4.10. The van der Waals surface area contributed by atoms with Crippen LogP contribution in [0.3, 0.4) is 0 Å². The molecule has 9 heteroatoms. The smallest absolute Gasteiger partial charge is 0.323 e. The summed E-state index contributed by atoms with van der Waals surface area (Å²) in [5, 5.41) is 12.0. The summed E-state index contributed by atoms with van der Waals surface area (Å²) < 4.78 is 20.5. The number of amides is 2. The molecular weight excluding hydrogens is 447 g/mol. The molecule has 2 aromatic heterocycles. The monoisotopic (exact) mass is 472 g/mol. The molecule has 35 heavy (non-hydrogen) atoms. The zero-order valence-corrected chi connectivity index (χ0v) is 19.2. The van der Waals surface area contributed by atoms with Crippen LogP contribution in [0.4, 0.5) is 26.2 Å². The number of nitrogens with zero attached hydrogens (tertiary/aromatic N) is 3. The van der Waals surface area contributed by atoms with E-state index in [9.17, 15) is 9.18 Å². The van der Waals surface area contributed by atoms with Crippen LogP contribution in [0.5, 0.6) is 11.5 Å². The first-order valence-corrected chi connectivity index (χ1v) is 11.4. The minimum Gasteiger partial charge on any atom is -0.457 e. The number of aromatic amines is 1. The molecule has 0 spiro atoms. The Kier molecular flexibility index (Phi) is 6.30. The minimum absolute atomic E-state index is 0.0519. The van der Waals surface area contributed by atoms with E-state index in [1.807, 2.05) is 19.1 Å². The third-order valence-corrected chi connectivity index (χ3v) is 5.74. The van der Waals surface area contributed by atoms with Gasteiger partial charge in [0.1, 0.15) is 17.3 Å². The molecule has 2 amide bonds. The maximum atomic E-state index is 14.7. The number of hydrogen-bond acceptors (Lipinski definition) is 5. The molecule has 0 radical (unpaired) electrons. The van der Waals surface area contributed by atoms with Crippen LogP contribution in [-0.2, 0) is 0 Å². The van der Waals surface area contributed by atoms with Crippen molar-refractivity contribution in [1.82, 2.24) is 15.2 Å². The molecule has 1 saturated heterocycles. The highest BCUT2D eigenvalue weighted by Gasteiger charge is 2.15. The third-order valence-electron chi connectivity index (χ3n) is 5.74. The summed E-state index contributed by atoms with van der Waals surface area (Å²) in [6.45, 7) is 4.01. The van der Waals surface area contributed by atoms with Crippen LogP contribution < -0.4 is 20.3 Å². The predicted molar refractivity (Wildman–Crippen MR) is 134 cm³/mol. The first-order valence-electron chi connectivity index (χ1n) is 11.4. The van der Waals surface area contributed by atoms with Gasteiger partial charge in [0.05, 0.1) is 17.6 Å². The molecule has 3 N–H and O–H groups in total. The fourth-order valence-electron chi connectivity index (χ4n) is 4.10. The Morgan fingerprint density at radius 2 is 1.89 bits per heavy atom. The van der Waals surface area contributed by atoms with Crippen LogP contribution in [-0.4, -0.2) is 34.3 Å². The Morgan fingerprint density at radius 3 is 2.66 bits per heavy atom. The summed E-state index contributed by atoms with van der Waals surface area (Å²) in [6, 6.07) is 13.1. The summed E-state index contributed by atoms with van der Waals surface area (Å²) in [5.74, 6) is 0.192. The molecule has 178 valence electrons. The molecular formula is C26H25FN6O2. The molecule has 1 aliphatic heterocycles. The van der Waals surface area contributed by atoms with E-state index in [0.717, 1.165) is 29.9 Å². The van der Waals surface area contributed by atoms with E-state index in [1.54, 1.807) is 36.8 Å².